The first-order valence-corrected chi connectivity index (χ1v) is 26.7. The second-order valence-electron chi connectivity index (χ2n) is 18.6. The Bertz CT molecular complexity index is 2220. The molecule has 0 unspecified atom stereocenters. The van der Waals surface area contributed by atoms with E-state index in [2.05, 4.69) is 65.1 Å². The first-order chi connectivity index (χ1) is 37.9. The zero-order chi connectivity index (χ0) is 60.3. The summed E-state index contributed by atoms with van der Waals surface area (Å²) in [4.78, 5) is 142. The van der Waals surface area contributed by atoms with E-state index in [0.717, 1.165) is 0 Å². The summed E-state index contributed by atoms with van der Waals surface area (Å²) < 4.78 is 0. The molecule has 0 aromatic heterocycles. The third-order valence-corrected chi connectivity index (χ3v) is 12.3. The van der Waals surface area contributed by atoms with Crippen LogP contribution >= 0.6 is 12.6 Å². The van der Waals surface area contributed by atoms with Crippen molar-refractivity contribution in [2.75, 3.05) is 38.5 Å². The number of hydrogen-bond acceptors (Lipinski definition) is 18. The number of aliphatic imine (C=N–C) groups is 2. The number of unbranched alkanes of at least 4 members (excludes halogenated alkanes) is 2. The van der Waals surface area contributed by atoms with Crippen molar-refractivity contribution in [2.45, 2.75) is 151 Å². The number of primary amides is 1. The number of aliphatic hydroxyl groups excluding tert-OH is 2. The van der Waals surface area contributed by atoms with Gasteiger partial charge in [0.25, 0.3) is 0 Å². The molecule has 32 heteroatoms. The van der Waals surface area contributed by atoms with Gasteiger partial charge in [-0.15, -0.1) is 0 Å². The molecule has 80 heavy (non-hydrogen) atoms. The molecule has 0 aliphatic carbocycles. The van der Waals surface area contributed by atoms with Gasteiger partial charge in [0.2, 0.25) is 53.2 Å². The molecule has 0 saturated carbocycles. The standard InChI is InChI=1S/C48H84N18O13S/c1-26(68)37(66-38(70)28(51)13-5-7-19-49)45(77)65-35(25-80)44(76)61-31(17-18-36(52)69)41(73)60-30(15-9-21-57-47(53)54)39(71)59-29(14-6-8-20-50)40(72)63-33(23-27-11-3-2-4-12-27)42(74)64-34(24-67)43(75)62-32(46(78)79)16-10-22-58-48(55)56/h2-4,11-12,26,28-35,37,67-68,80H,5-10,13-25,49-51H2,1H3,(H2,52,69)(H,59,71)(H,60,73)(H,61,76)(H,62,75)(H,63,72)(H,64,74)(H,65,77)(H,66,70)(H,78,79)(H4,53,54,57)(H4,55,56,58)/t26-,28+,29+,30+,31+,32+,33+,34+,35+,37+/m1/s1. The monoisotopic (exact) mass is 1150 g/mol. The first-order valence-electron chi connectivity index (χ1n) is 26.0. The number of carbonyl (C=O) groups is 10. The lowest BCUT2D eigenvalue weighted by Gasteiger charge is -2.28. The van der Waals surface area contributed by atoms with Crippen molar-refractivity contribution in [3.05, 3.63) is 35.9 Å². The number of aliphatic carboxylic acids is 1. The Labute approximate surface area is 469 Å². The van der Waals surface area contributed by atoms with Crippen LogP contribution in [0.3, 0.4) is 0 Å². The maximum absolute atomic E-state index is 14.4. The van der Waals surface area contributed by atoms with Gasteiger partial charge >= 0.3 is 5.97 Å². The van der Waals surface area contributed by atoms with Gasteiger partial charge in [0.05, 0.1) is 18.8 Å². The van der Waals surface area contributed by atoms with E-state index < -0.39 is 139 Å². The highest BCUT2D eigenvalue weighted by Gasteiger charge is 2.36. The predicted octanol–water partition coefficient (Wildman–Crippen LogP) is -7.55. The highest BCUT2D eigenvalue weighted by molar-refractivity contribution is 7.80. The number of nitrogens with two attached hydrogens (primary N) is 8. The van der Waals surface area contributed by atoms with E-state index in [9.17, 15) is 63.3 Å². The van der Waals surface area contributed by atoms with Crippen LogP contribution in [-0.2, 0) is 54.4 Å². The molecule has 1 aromatic rings. The van der Waals surface area contributed by atoms with Gasteiger partial charge in [0.1, 0.15) is 48.3 Å². The Hall–Kier alpha value is -7.39. The van der Waals surface area contributed by atoms with E-state index in [0.29, 0.717) is 31.4 Å². The summed E-state index contributed by atoms with van der Waals surface area (Å²) in [5.74, 6) is -10.9. The molecule has 0 fully saturated rings. The van der Waals surface area contributed by atoms with E-state index in [1.165, 1.54) is 6.92 Å². The van der Waals surface area contributed by atoms with Crippen molar-refractivity contribution in [1.82, 2.24) is 42.5 Å². The van der Waals surface area contributed by atoms with Gasteiger partial charge in [-0.1, -0.05) is 36.8 Å². The number of carboxylic acid groups (broad SMARTS) is 1. The third-order valence-electron chi connectivity index (χ3n) is 11.9. The van der Waals surface area contributed by atoms with Crippen LogP contribution in [0.4, 0.5) is 0 Å². The van der Waals surface area contributed by atoms with Crippen LogP contribution in [0.2, 0.25) is 0 Å². The lowest BCUT2D eigenvalue weighted by Crippen LogP contribution is -2.61. The second kappa shape index (κ2) is 39.1. The number of benzene rings is 1. The maximum atomic E-state index is 14.4. The molecule has 9 amide bonds. The summed E-state index contributed by atoms with van der Waals surface area (Å²) in [5.41, 5.74) is 44.8. The molecular weight excluding hydrogens is 1070 g/mol. The molecular formula is C48H84N18O13S. The third kappa shape index (κ3) is 28.5. The van der Waals surface area contributed by atoms with Crippen molar-refractivity contribution in [2.24, 2.45) is 55.9 Å². The molecule has 0 spiro atoms. The number of carboxylic acids is 1. The second-order valence-corrected chi connectivity index (χ2v) is 19.0. The molecule has 31 nitrogen and oxygen atoms in total. The number of hydrogen-bond donors (Lipinski definition) is 20. The Morgan fingerprint density at radius 2 is 0.938 bits per heavy atom. The zero-order valence-corrected chi connectivity index (χ0v) is 45.9. The van der Waals surface area contributed by atoms with E-state index in [-0.39, 0.29) is 88.7 Å². The normalized spacial score (nSPS) is 14.7. The van der Waals surface area contributed by atoms with E-state index in [1.54, 1.807) is 30.3 Å². The lowest BCUT2D eigenvalue weighted by atomic mass is 10.0. The van der Waals surface area contributed by atoms with Crippen molar-refractivity contribution < 1.29 is 63.3 Å². The number of nitrogens with zero attached hydrogens (tertiary/aromatic N) is 2. The van der Waals surface area contributed by atoms with Crippen LogP contribution < -0.4 is 88.4 Å². The van der Waals surface area contributed by atoms with Crippen LogP contribution in [-0.4, -0.2) is 185 Å². The van der Waals surface area contributed by atoms with Crippen molar-refractivity contribution in [1.29, 1.82) is 0 Å². The quantitative estimate of drug-likeness (QED) is 0.0125. The fourth-order valence-corrected chi connectivity index (χ4v) is 7.76. The molecule has 0 aliphatic heterocycles. The molecule has 0 saturated heterocycles. The zero-order valence-electron chi connectivity index (χ0n) is 45.0. The van der Waals surface area contributed by atoms with E-state index in [4.69, 9.17) is 45.9 Å². The van der Waals surface area contributed by atoms with Gasteiger partial charge in [-0.2, -0.15) is 12.6 Å². The van der Waals surface area contributed by atoms with Crippen molar-refractivity contribution in [3.8, 4) is 0 Å². The van der Waals surface area contributed by atoms with Gasteiger partial charge in [-0.05, 0) is 89.8 Å². The van der Waals surface area contributed by atoms with Gasteiger partial charge in [-0.25, -0.2) is 4.79 Å². The van der Waals surface area contributed by atoms with Gasteiger partial charge < -0.3 is 104 Å². The van der Waals surface area contributed by atoms with Gasteiger partial charge in [0, 0.05) is 31.7 Å². The lowest BCUT2D eigenvalue weighted by molar-refractivity contribution is -0.142. The minimum absolute atomic E-state index is 0.0405. The van der Waals surface area contributed by atoms with Crippen LogP contribution in [0, 0.1) is 0 Å². The van der Waals surface area contributed by atoms with Crippen LogP contribution in [0.25, 0.3) is 0 Å². The number of carbonyl (C=O) groups excluding carboxylic acids is 9. The van der Waals surface area contributed by atoms with Crippen molar-refractivity contribution in [3.63, 3.8) is 0 Å². The first kappa shape index (κ1) is 70.6. The summed E-state index contributed by atoms with van der Waals surface area (Å²) >= 11 is 4.17. The Morgan fingerprint density at radius 1 is 0.525 bits per heavy atom. The highest BCUT2D eigenvalue weighted by Crippen LogP contribution is 2.11. The molecule has 27 N–H and O–H groups in total. The van der Waals surface area contributed by atoms with Crippen LogP contribution in [0.15, 0.2) is 40.3 Å². The maximum Gasteiger partial charge on any atom is 0.326 e. The Morgan fingerprint density at radius 3 is 1.40 bits per heavy atom. The Kier molecular flexibility index (Phi) is 34.5. The highest BCUT2D eigenvalue weighted by atomic mass is 32.1. The van der Waals surface area contributed by atoms with Gasteiger partial charge in [0.15, 0.2) is 11.9 Å². The SMILES string of the molecule is C[C@@H](O)[C@H](NC(=O)[C@@H](N)CCCCN)C(=O)N[C@@H](CS)C(=O)N[C@@H](CCC(N)=O)C(=O)N[C@@H](CCCN=C(N)N)C(=O)N[C@@H](CCCCN)C(=O)N[C@@H](Cc1ccccc1)C(=O)N[C@@H](CO)C(=O)N[C@@H](CCCN=C(N)N)C(=O)O. The minimum atomic E-state index is -1.71. The molecule has 0 radical (unpaired) electrons. The predicted molar refractivity (Wildman–Crippen MR) is 298 cm³/mol. The summed E-state index contributed by atoms with van der Waals surface area (Å²) in [6, 6.07) is -5.05. The molecule has 1 rings (SSSR count). The summed E-state index contributed by atoms with van der Waals surface area (Å²) in [6.07, 6.45) is -0.766. The smallest absolute Gasteiger partial charge is 0.326 e. The molecule has 0 heterocycles. The Balaban J connectivity index is 3.56. The molecule has 10 atom stereocenters. The summed E-state index contributed by atoms with van der Waals surface area (Å²) in [6.45, 7) is 0.798. The fourth-order valence-electron chi connectivity index (χ4n) is 7.50. The fraction of sp³-hybridized carbons (Fsp3) is 0.625. The molecule has 0 bridgehead atoms. The summed E-state index contributed by atoms with van der Waals surface area (Å²) in [7, 11) is 0. The largest absolute Gasteiger partial charge is 0.480 e. The van der Waals surface area contributed by atoms with Gasteiger partial charge in [-0.3, -0.25) is 53.1 Å². The number of thiol groups is 1. The number of rotatable bonds is 41. The van der Waals surface area contributed by atoms with E-state index in [1.807, 2.05) is 0 Å². The molecule has 0 aliphatic rings. The topological polar surface area (TPSA) is 561 Å². The average molecular weight is 1150 g/mol. The molecule has 1 aromatic carbocycles. The van der Waals surface area contributed by atoms with Crippen molar-refractivity contribution >= 4 is 83.7 Å². The average Bonchev–Trinajstić information content (AvgIpc) is 3.40. The van der Waals surface area contributed by atoms with Crippen LogP contribution in [0.5, 0.6) is 0 Å². The number of amides is 9. The van der Waals surface area contributed by atoms with E-state index >= 15 is 0 Å². The molecule has 450 valence electrons. The summed E-state index contributed by atoms with van der Waals surface area (Å²) in [5, 5.41) is 49.9. The number of aliphatic hydroxyl groups is 2. The minimum Gasteiger partial charge on any atom is -0.480 e. The number of guanidine groups is 2. The van der Waals surface area contributed by atoms with Crippen LogP contribution in [0.1, 0.15) is 89.5 Å². The number of nitrogens with one attached hydrogen (secondary N) is 8.